The third-order valence-corrected chi connectivity index (χ3v) is 4.39. The number of nitrogens with one attached hydrogen (secondary N) is 1. The van der Waals surface area contributed by atoms with E-state index in [-0.39, 0.29) is 17.8 Å². The third kappa shape index (κ3) is 4.35. The maximum atomic E-state index is 13.7. The Bertz CT molecular complexity index is 1080. The molecule has 2 aromatic carbocycles. The lowest BCUT2D eigenvalue weighted by Crippen LogP contribution is -2.29. The number of carbonyl (C=O) groups excluding carboxylic acids is 1. The maximum Gasteiger partial charge on any atom is 0.263 e. The van der Waals surface area contributed by atoms with Gasteiger partial charge in [-0.1, -0.05) is 29.3 Å². The van der Waals surface area contributed by atoms with Gasteiger partial charge in [-0.15, -0.1) is 0 Å². The third-order valence-electron chi connectivity index (χ3n) is 3.80. The van der Waals surface area contributed by atoms with Crippen molar-refractivity contribution in [3.05, 3.63) is 97.9 Å². The molecule has 1 N–H and O–H groups in total. The Morgan fingerprint density at radius 3 is 2.56 bits per heavy atom. The molecule has 0 saturated heterocycles. The summed E-state index contributed by atoms with van der Waals surface area (Å²) >= 11 is 12.0. The van der Waals surface area contributed by atoms with Crippen LogP contribution < -0.4 is 10.9 Å². The summed E-state index contributed by atoms with van der Waals surface area (Å²) in [6.07, 6.45) is 1.50. The number of nitrogens with zero attached hydrogens (tertiary/aromatic N) is 1. The van der Waals surface area contributed by atoms with Crippen molar-refractivity contribution in [2.75, 3.05) is 5.32 Å². The van der Waals surface area contributed by atoms with Gasteiger partial charge in [0.25, 0.3) is 11.5 Å². The first-order valence-corrected chi connectivity index (χ1v) is 8.50. The number of anilines is 1. The van der Waals surface area contributed by atoms with Gasteiger partial charge in [0.05, 0.1) is 12.2 Å². The number of hydrogen-bond donors (Lipinski definition) is 1. The molecule has 0 atom stereocenters. The zero-order valence-electron chi connectivity index (χ0n) is 13.7. The molecule has 1 heterocycles. The normalized spacial score (nSPS) is 10.7. The number of benzene rings is 2. The smallest absolute Gasteiger partial charge is 0.263 e. The number of rotatable bonds is 4. The number of hydrogen-bond acceptors (Lipinski definition) is 2. The molecule has 0 radical (unpaired) electrons. The Balaban J connectivity index is 1.88. The first kappa shape index (κ1) is 19.1. The van der Waals surface area contributed by atoms with Gasteiger partial charge >= 0.3 is 0 Å². The van der Waals surface area contributed by atoms with Crippen molar-refractivity contribution in [2.45, 2.75) is 6.54 Å². The standard InChI is InChI=1S/C19H12Cl2F2N2O2/c20-12-4-3-11(15(21)8-12)10-25-7-1-2-14(19(25)27)18(26)24-17-6-5-13(22)9-16(17)23/h1-9H,10H2,(H,24,26). The summed E-state index contributed by atoms with van der Waals surface area (Å²) in [4.78, 5) is 25.0. The zero-order chi connectivity index (χ0) is 19.6. The van der Waals surface area contributed by atoms with E-state index in [1.807, 2.05) is 0 Å². The number of carbonyl (C=O) groups is 1. The SMILES string of the molecule is O=C(Nc1ccc(F)cc1F)c1cccn(Cc2ccc(Cl)cc2Cl)c1=O. The summed E-state index contributed by atoms with van der Waals surface area (Å²) in [5, 5.41) is 3.12. The van der Waals surface area contributed by atoms with Crippen LogP contribution in [0.4, 0.5) is 14.5 Å². The highest BCUT2D eigenvalue weighted by molar-refractivity contribution is 6.35. The fourth-order valence-electron chi connectivity index (χ4n) is 2.45. The minimum atomic E-state index is -0.937. The van der Waals surface area contributed by atoms with Gasteiger partial charge in [-0.3, -0.25) is 9.59 Å². The van der Waals surface area contributed by atoms with E-state index in [0.717, 1.165) is 12.1 Å². The monoisotopic (exact) mass is 408 g/mol. The van der Waals surface area contributed by atoms with E-state index >= 15 is 0 Å². The summed E-state index contributed by atoms with van der Waals surface area (Å²) in [6.45, 7) is 0.126. The van der Waals surface area contributed by atoms with Gasteiger partial charge in [0.1, 0.15) is 17.2 Å². The average molecular weight is 409 g/mol. The van der Waals surface area contributed by atoms with E-state index in [1.54, 1.807) is 18.2 Å². The molecule has 1 aromatic heterocycles. The molecule has 0 spiro atoms. The van der Waals surface area contributed by atoms with Crippen LogP contribution in [-0.4, -0.2) is 10.5 Å². The van der Waals surface area contributed by atoms with Gasteiger partial charge in [-0.2, -0.15) is 0 Å². The van der Waals surface area contributed by atoms with Crippen molar-refractivity contribution in [3.8, 4) is 0 Å². The van der Waals surface area contributed by atoms with Crippen LogP contribution in [0.15, 0.2) is 59.5 Å². The predicted molar refractivity (Wildman–Crippen MR) is 101 cm³/mol. The second-order valence-electron chi connectivity index (χ2n) is 5.67. The summed E-state index contributed by atoms with van der Waals surface area (Å²) in [6, 6.07) is 10.4. The van der Waals surface area contributed by atoms with Gasteiger partial charge in [-0.25, -0.2) is 8.78 Å². The van der Waals surface area contributed by atoms with E-state index in [9.17, 15) is 18.4 Å². The van der Waals surface area contributed by atoms with Crippen LogP contribution in [0.1, 0.15) is 15.9 Å². The minimum Gasteiger partial charge on any atom is -0.319 e. The Hall–Kier alpha value is -2.70. The molecule has 0 aliphatic heterocycles. The molecule has 0 aliphatic carbocycles. The van der Waals surface area contributed by atoms with Gasteiger partial charge in [-0.05, 0) is 42.0 Å². The molecule has 27 heavy (non-hydrogen) atoms. The van der Waals surface area contributed by atoms with Gasteiger partial charge in [0, 0.05) is 22.3 Å². The predicted octanol–water partition coefficient (Wildman–Crippen LogP) is 4.73. The molecule has 138 valence electrons. The van der Waals surface area contributed by atoms with Gasteiger partial charge < -0.3 is 9.88 Å². The van der Waals surface area contributed by atoms with Gasteiger partial charge in [0.15, 0.2) is 0 Å². The number of amides is 1. The number of aromatic nitrogens is 1. The average Bonchev–Trinajstić information content (AvgIpc) is 2.61. The molecule has 0 saturated carbocycles. The van der Waals surface area contributed by atoms with Gasteiger partial charge in [0.2, 0.25) is 0 Å². The number of halogens is 4. The first-order valence-electron chi connectivity index (χ1n) is 7.75. The quantitative estimate of drug-likeness (QED) is 0.677. The van der Waals surface area contributed by atoms with E-state index in [4.69, 9.17) is 23.2 Å². The summed E-state index contributed by atoms with van der Waals surface area (Å²) in [5.74, 6) is -2.51. The van der Waals surface area contributed by atoms with Crippen molar-refractivity contribution >= 4 is 34.8 Å². The van der Waals surface area contributed by atoms with Crippen LogP contribution in [0.25, 0.3) is 0 Å². The highest BCUT2D eigenvalue weighted by Crippen LogP contribution is 2.21. The van der Waals surface area contributed by atoms with Crippen LogP contribution in [0, 0.1) is 11.6 Å². The minimum absolute atomic E-state index is 0.126. The molecule has 0 aliphatic rings. The molecule has 3 rings (SSSR count). The van der Waals surface area contributed by atoms with Crippen molar-refractivity contribution in [2.24, 2.45) is 0 Å². The summed E-state index contributed by atoms with van der Waals surface area (Å²) < 4.78 is 28.0. The lowest BCUT2D eigenvalue weighted by Gasteiger charge is -2.10. The van der Waals surface area contributed by atoms with Crippen molar-refractivity contribution in [3.63, 3.8) is 0 Å². The zero-order valence-corrected chi connectivity index (χ0v) is 15.2. The highest BCUT2D eigenvalue weighted by atomic mass is 35.5. The summed E-state index contributed by atoms with van der Waals surface area (Å²) in [7, 11) is 0. The summed E-state index contributed by atoms with van der Waals surface area (Å²) in [5.41, 5.74) is -0.350. The highest BCUT2D eigenvalue weighted by Gasteiger charge is 2.15. The van der Waals surface area contributed by atoms with Crippen LogP contribution in [0.5, 0.6) is 0 Å². The first-order chi connectivity index (χ1) is 12.8. The lowest BCUT2D eigenvalue weighted by atomic mass is 10.2. The fourth-order valence-corrected chi connectivity index (χ4v) is 2.92. The number of pyridine rings is 1. The molecular formula is C19H12Cl2F2N2O2. The molecule has 4 nitrogen and oxygen atoms in total. The molecule has 8 heteroatoms. The van der Waals surface area contributed by atoms with Crippen molar-refractivity contribution in [1.29, 1.82) is 0 Å². The molecular weight excluding hydrogens is 397 g/mol. The second kappa shape index (κ2) is 7.90. The lowest BCUT2D eigenvalue weighted by molar-refractivity contribution is 0.102. The van der Waals surface area contributed by atoms with E-state index in [0.29, 0.717) is 21.7 Å². The topological polar surface area (TPSA) is 51.1 Å². The molecule has 0 unspecified atom stereocenters. The second-order valence-corrected chi connectivity index (χ2v) is 6.51. The maximum absolute atomic E-state index is 13.7. The van der Waals surface area contributed by atoms with Crippen LogP contribution >= 0.6 is 23.2 Å². The van der Waals surface area contributed by atoms with E-state index in [1.165, 1.54) is 22.9 Å². The Labute approximate surface area is 163 Å². The van der Waals surface area contributed by atoms with Crippen molar-refractivity contribution in [1.82, 2.24) is 4.57 Å². The van der Waals surface area contributed by atoms with E-state index < -0.39 is 23.1 Å². The fraction of sp³-hybridized carbons (Fsp3) is 0.0526. The van der Waals surface area contributed by atoms with Crippen LogP contribution in [0.3, 0.4) is 0 Å². The van der Waals surface area contributed by atoms with Crippen LogP contribution in [0.2, 0.25) is 10.0 Å². The largest absolute Gasteiger partial charge is 0.319 e. The molecule has 0 bridgehead atoms. The Morgan fingerprint density at radius 1 is 1.07 bits per heavy atom. The molecule has 1 amide bonds. The van der Waals surface area contributed by atoms with Crippen molar-refractivity contribution < 1.29 is 13.6 Å². The molecule has 3 aromatic rings. The molecule has 0 fully saturated rings. The Morgan fingerprint density at radius 2 is 1.85 bits per heavy atom. The Kier molecular flexibility index (Phi) is 5.58. The van der Waals surface area contributed by atoms with Crippen LogP contribution in [-0.2, 0) is 6.54 Å². The van der Waals surface area contributed by atoms with E-state index in [2.05, 4.69) is 5.32 Å².